The summed E-state index contributed by atoms with van der Waals surface area (Å²) in [4.78, 5) is 23.8. The number of nitrogens with two attached hydrogens (primary N) is 1. The molecule has 1 aromatic carbocycles. The van der Waals surface area contributed by atoms with Gasteiger partial charge in [-0.2, -0.15) is 0 Å². The van der Waals surface area contributed by atoms with E-state index < -0.39 is 17.7 Å². The summed E-state index contributed by atoms with van der Waals surface area (Å²) in [5.41, 5.74) is 3.14. The third-order valence-corrected chi connectivity index (χ3v) is 3.18. The van der Waals surface area contributed by atoms with Crippen LogP contribution in [0.5, 0.6) is 11.5 Å². The van der Waals surface area contributed by atoms with E-state index in [1.807, 2.05) is 6.92 Å². The van der Waals surface area contributed by atoms with Crippen LogP contribution in [0.15, 0.2) is 18.2 Å². The van der Waals surface area contributed by atoms with E-state index in [1.165, 1.54) is 0 Å². The summed E-state index contributed by atoms with van der Waals surface area (Å²) in [5, 5.41) is 2.58. The van der Waals surface area contributed by atoms with Gasteiger partial charge in [0, 0.05) is 12.6 Å². The van der Waals surface area contributed by atoms with Crippen molar-refractivity contribution in [1.29, 1.82) is 0 Å². The van der Waals surface area contributed by atoms with E-state index in [2.05, 4.69) is 10.7 Å². The molecule has 1 unspecified atom stereocenters. The summed E-state index contributed by atoms with van der Waals surface area (Å²) in [6.45, 7) is 2.11. The molecule has 1 atom stereocenters. The number of ketones is 1. The summed E-state index contributed by atoms with van der Waals surface area (Å²) in [7, 11) is 3.09. The molecule has 0 radical (unpaired) electrons. The van der Waals surface area contributed by atoms with Crippen molar-refractivity contribution >= 4 is 11.7 Å². The van der Waals surface area contributed by atoms with E-state index in [1.54, 1.807) is 32.4 Å². The second-order valence-electron chi connectivity index (χ2n) is 4.78. The first-order chi connectivity index (χ1) is 10.5. The van der Waals surface area contributed by atoms with Gasteiger partial charge in [-0.15, -0.1) is 0 Å². The molecule has 0 aliphatic heterocycles. The Balaban J connectivity index is 2.69. The third kappa shape index (κ3) is 5.01. The number of nitrogens with one attached hydrogen (secondary N) is 2. The van der Waals surface area contributed by atoms with Gasteiger partial charge >= 0.3 is 0 Å². The Morgan fingerprint density at radius 2 is 1.77 bits per heavy atom. The average molecular weight is 309 g/mol. The van der Waals surface area contributed by atoms with Crippen molar-refractivity contribution in [3.05, 3.63) is 23.8 Å². The van der Waals surface area contributed by atoms with Gasteiger partial charge in [-0.25, -0.2) is 5.43 Å². The van der Waals surface area contributed by atoms with Crippen molar-refractivity contribution < 1.29 is 19.1 Å². The molecule has 22 heavy (non-hydrogen) atoms. The van der Waals surface area contributed by atoms with Crippen molar-refractivity contribution in [2.75, 3.05) is 14.2 Å². The average Bonchev–Trinajstić information content (AvgIpc) is 2.56. The van der Waals surface area contributed by atoms with Crippen LogP contribution in [-0.4, -0.2) is 32.0 Å². The van der Waals surface area contributed by atoms with Crippen LogP contribution in [0.1, 0.15) is 25.3 Å². The van der Waals surface area contributed by atoms with Gasteiger partial charge in [0.2, 0.25) is 5.78 Å². The van der Waals surface area contributed by atoms with Crippen LogP contribution < -0.4 is 26.1 Å². The molecule has 4 N–H and O–H groups in total. The van der Waals surface area contributed by atoms with Crippen LogP contribution in [0.2, 0.25) is 0 Å². The van der Waals surface area contributed by atoms with E-state index in [4.69, 9.17) is 15.3 Å². The Morgan fingerprint density at radius 1 is 1.18 bits per heavy atom. The van der Waals surface area contributed by atoms with Crippen molar-refractivity contribution in [3.63, 3.8) is 0 Å². The van der Waals surface area contributed by atoms with Crippen molar-refractivity contribution in [2.45, 2.75) is 32.4 Å². The van der Waals surface area contributed by atoms with Gasteiger partial charge < -0.3 is 14.8 Å². The molecule has 1 amide bonds. The molecule has 0 fully saturated rings. The zero-order valence-corrected chi connectivity index (χ0v) is 13.1. The topological polar surface area (TPSA) is 103 Å². The van der Waals surface area contributed by atoms with Gasteiger partial charge in [0.05, 0.1) is 20.3 Å². The predicted octanol–water partition coefficient (Wildman–Crippen LogP) is 0.521. The fourth-order valence-electron chi connectivity index (χ4n) is 1.97. The van der Waals surface area contributed by atoms with E-state index in [0.717, 1.165) is 12.0 Å². The molecule has 122 valence electrons. The maximum absolute atomic E-state index is 11.9. The lowest BCUT2D eigenvalue weighted by atomic mass is 10.1. The van der Waals surface area contributed by atoms with Crippen molar-refractivity contribution in [1.82, 2.24) is 10.7 Å². The molecular formula is C15H23N3O4. The number of methoxy groups -OCH3 is 2. The summed E-state index contributed by atoms with van der Waals surface area (Å²) in [6, 6.07) is 4.59. The number of benzene rings is 1. The number of carbonyl (C=O) groups excluding carboxylic acids is 2. The van der Waals surface area contributed by atoms with E-state index in [0.29, 0.717) is 17.9 Å². The molecule has 0 bridgehead atoms. The number of hydrazine groups is 1. The molecule has 0 spiro atoms. The highest BCUT2D eigenvalue weighted by molar-refractivity contribution is 6.38. The molecule has 1 rings (SSSR count). The summed E-state index contributed by atoms with van der Waals surface area (Å²) >= 11 is 0. The minimum Gasteiger partial charge on any atom is -0.497 e. The molecule has 0 aliphatic carbocycles. The maximum Gasteiger partial charge on any atom is 0.289 e. The number of rotatable bonds is 9. The molecule has 1 aromatic rings. The van der Waals surface area contributed by atoms with Gasteiger partial charge in [0.25, 0.3) is 5.91 Å². The zero-order chi connectivity index (χ0) is 16.5. The lowest BCUT2D eigenvalue weighted by Gasteiger charge is -2.13. The molecular weight excluding hydrogens is 286 g/mol. The van der Waals surface area contributed by atoms with Crippen LogP contribution in [0, 0.1) is 0 Å². The standard InChI is InChI=1S/C15H23N3O4/c1-4-5-13(18-16)14(19)15(20)17-9-10-6-11(21-2)8-12(7-10)22-3/h6-8,13,18H,4-5,9,16H2,1-3H3,(H,17,20). The SMILES string of the molecule is CCCC(NN)C(=O)C(=O)NCc1cc(OC)cc(OC)c1. The molecule has 0 aromatic heterocycles. The summed E-state index contributed by atoms with van der Waals surface area (Å²) in [6.07, 6.45) is 1.26. The second-order valence-corrected chi connectivity index (χ2v) is 4.78. The number of hydrogen-bond acceptors (Lipinski definition) is 6. The van der Waals surface area contributed by atoms with Crippen LogP contribution in [-0.2, 0) is 16.1 Å². The third-order valence-electron chi connectivity index (χ3n) is 3.18. The molecule has 0 aliphatic rings. The lowest BCUT2D eigenvalue weighted by molar-refractivity contribution is -0.139. The molecule has 0 saturated carbocycles. The Morgan fingerprint density at radius 3 is 2.23 bits per heavy atom. The van der Waals surface area contributed by atoms with Crippen LogP contribution in [0.3, 0.4) is 0 Å². The van der Waals surface area contributed by atoms with Gasteiger partial charge in [-0.1, -0.05) is 13.3 Å². The Kier molecular flexibility index (Phi) is 7.34. The second kappa shape index (κ2) is 9.01. The normalized spacial score (nSPS) is 11.6. The Bertz CT molecular complexity index is 497. The number of carbonyl (C=O) groups is 2. The number of Topliss-reactive ketones (excluding diaryl/α,β-unsaturated/α-hetero) is 1. The quantitative estimate of drug-likeness (QED) is 0.349. The predicted molar refractivity (Wildman–Crippen MR) is 82.4 cm³/mol. The lowest BCUT2D eigenvalue weighted by Crippen LogP contribution is -2.47. The number of ether oxygens (including phenoxy) is 2. The minimum atomic E-state index is -0.668. The first-order valence-electron chi connectivity index (χ1n) is 7.05. The maximum atomic E-state index is 11.9. The van der Waals surface area contributed by atoms with Crippen LogP contribution in [0.25, 0.3) is 0 Å². The van der Waals surface area contributed by atoms with Crippen molar-refractivity contribution in [3.8, 4) is 11.5 Å². The molecule has 0 saturated heterocycles. The minimum absolute atomic E-state index is 0.196. The van der Waals surface area contributed by atoms with E-state index >= 15 is 0 Å². The highest BCUT2D eigenvalue weighted by atomic mass is 16.5. The monoisotopic (exact) mass is 309 g/mol. The largest absolute Gasteiger partial charge is 0.497 e. The summed E-state index contributed by atoms with van der Waals surface area (Å²) in [5.74, 6) is 5.28. The Hall–Kier alpha value is -2.12. The molecule has 7 heteroatoms. The van der Waals surface area contributed by atoms with Crippen LogP contribution in [0.4, 0.5) is 0 Å². The first-order valence-corrected chi connectivity index (χ1v) is 7.05. The molecule has 0 heterocycles. The summed E-state index contributed by atoms with van der Waals surface area (Å²) < 4.78 is 10.3. The van der Waals surface area contributed by atoms with Crippen molar-refractivity contribution in [2.24, 2.45) is 5.84 Å². The highest BCUT2D eigenvalue weighted by Gasteiger charge is 2.23. The van der Waals surface area contributed by atoms with E-state index in [-0.39, 0.29) is 6.54 Å². The number of hydrogen-bond donors (Lipinski definition) is 3. The fraction of sp³-hybridized carbons (Fsp3) is 0.467. The van der Waals surface area contributed by atoms with Crippen LogP contribution >= 0.6 is 0 Å². The zero-order valence-electron chi connectivity index (χ0n) is 13.1. The van der Waals surface area contributed by atoms with E-state index in [9.17, 15) is 9.59 Å². The fourth-order valence-corrected chi connectivity index (χ4v) is 1.97. The van der Waals surface area contributed by atoms with Gasteiger partial charge in [-0.3, -0.25) is 15.4 Å². The smallest absolute Gasteiger partial charge is 0.289 e. The van der Waals surface area contributed by atoms with Gasteiger partial charge in [-0.05, 0) is 24.1 Å². The van der Waals surface area contributed by atoms with Gasteiger partial charge in [0.15, 0.2) is 0 Å². The highest BCUT2D eigenvalue weighted by Crippen LogP contribution is 2.22. The Labute approximate surface area is 130 Å². The number of amides is 1. The van der Waals surface area contributed by atoms with Gasteiger partial charge in [0.1, 0.15) is 11.5 Å². The molecule has 7 nitrogen and oxygen atoms in total. The first kappa shape index (κ1) is 17.9.